The van der Waals surface area contributed by atoms with E-state index in [-0.39, 0.29) is 38.8 Å². The maximum atomic E-state index is 12.6. The van der Waals surface area contributed by atoms with Gasteiger partial charge in [-0.2, -0.15) is 0 Å². The first kappa shape index (κ1) is 59.7. The first-order chi connectivity index (χ1) is 30.4. The number of hydrogen-bond donors (Lipinski definition) is 2. The SMILES string of the molecule is CC/C=C\C/C=C\C/C=C\C/C=C\C/C=C\C/C=C\CCCCCCC(=O)OC(COCCCCCCCCCCCC/C=C\CCCCCCCC)COP(=O)(O)OCCN. The Morgan fingerprint density at radius 2 is 0.903 bits per heavy atom. The smallest absolute Gasteiger partial charge is 0.457 e. The summed E-state index contributed by atoms with van der Waals surface area (Å²) in [5.74, 6) is -0.356. The first-order valence-corrected chi connectivity index (χ1v) is 26.6. The van der Waals surface area contributed by atoms with Crippen molar-refractivity contribution in [2.24, 2.45) is 5.73 Å². The standard InChI is InChI=1S/C53H94NO7P/c1-3-5-7-9-11-13-15-17-19-21-23-25-26-27-28-30-32-34-36-38-40-42-44-46-53(55)61-52(51-60-62(56,57)59-49-47-54)50-58-48-45-43-41-39-37-35-33-31-29-24-22-20-18-16-14-12-10-8-6-4-2/h5,7,11,13,17-20,23,25,27-28,32,34,52H,3-4,6,8-10,12,14-16,21-22,24,26,29-31,33,35-51,54H2,1-2H3,(H,56,57)/b7-5-,13-11-,19-17-,20-18-,25-23-,28-27-,34-32-. The molecule has 2 atom stereocenters. The van der Waals surface area contributed by atoms with Crippen molar-refractivity contribution in [3.05, 3.63) is 85.1 Å². The van der Waals surface area contributed by atoms with Crippen molar-refractivity contribution in [3.8, 4) is 0 Å². The monoisotopic (exact) mass is 888 g/mol. The molecule has 0 fully saturated rings. The zero-order chi connectivity index (χ0) is 45.1. The average Bonchev–Trinajstić information content (AvgIpc) is 3.26. The Hall–Kier alpha value is -2.32. The Morgan fingerprint density at radius 1 is 0.500 bits per heavy atom. The first-order valence-electron chi connectivity index (χ1n) is 25.1. The van der Waals surface area contributed by atoms with Crippen molar-refractivity contribution >= 4 is 13.8 Å². The molecule has 0 heterocycles. The van der Waals surface area contributed by atoms with Gasteiger partial charge in [-0.3, -0.25) is 13.8 Å². The van der Waals surface area contributed by atoms with E-state index in [2.05, 4.69) is 98.9 Å². The van der Waals surface area contributed by atoms with Crippen LogP contribution in [0.2, 0.25) is 0 Å². The van der Waals surface area contributed by atoms with Gasteiger partial charge in [0.25, 0.3) is 0 Å². The number of hydrogen-bond acceptors (Lipinski definition) is 7. The highest BCUT2D eigenvalue weighted by molar-refractivity contribution is 7.47. The molecule has 62 heavy (non-hydrogen) atoms. The molecule has 0 bridgehead atoms. The Kier molecular flexibility index (Phi) is 47.8. The van der Waals surface area contributed by atoms with Gasteiger partial charge in [0.2, 0.25) is 0 Å². The van der Waals surface area contributed by atoms with Crippen LogP contribution in [0.5, 0.6) is 0 Å². The third kappa shape index (κ3) is 48.7. The number of carbonyl (C=O) groups excluding carboxylic acids is 1. The summed E-state index contributed by atoms with van der Waals surface area (Å²) in [4.78, 5) is 22.6. The fraction of sp³-hybridized carbons (Fsp3) is 0.717. The van der Waals surface area contributed by atoms with E-state index < -0.39 is 13.9 Å². The van der Waals surface area contributed by atoms with E-state index in [4.69, 9.17) is 24.3 Å². The number of rotatable bonds is 47. The fourth-order valence-corrected chi connectivity index (χ4v) is 7.41. The molecular formula is C53H94NO7P. The van der Waals surface area contributed by atoms with Gasteiger partial charge in [-0.05, 0) is 89.9 Å². The van der Waals surface area contributed by atoms with Gasteiger partial charge < -0.3 is 20.1 Å². The maximum absolute atomic E-state index is 12.6. The van der Waals surface area contributed by atoms with E-state index in [0.717, 1.165) is 83.5 Å². The lowest BCUT2D eigenvalue weighted by Crippen LogP contribution is -2.28. The Bertz CT molecular complexity index is 1220. The molecule has 9 heteroatoms. The van der Waals surface area contributed by atoms with Crippen molar-refractivity contribution in [2.45, 2.75) is 213 Å². The second kappa shape index (κ2) is 49.7. The van der Waals surface area contributed by atoms with Crippen LogP contribution in [-0.4, -0.2) is 49.9 Å². The maximum Gasteiger partial charge on any atom is 0.472 e. The van der Waals surface area contributed by atoms with Crippen LogP contribution in [-0.2, 0) is 27.9 Å². The van der Waals surface area contributed by atoms with E-state index >= 15 is 0 Å². The molecule has 0 spiro atoms. The van der Waals surface area contributed by atoms with E-state index in [1.54, 1.807) is 0 Å². The molecule has 0 saturated heterocycles. The summed E-state index contributed by atoms with van der Waals surface area (Å²) in [7, 11) is -4.30. The van der Waals surface area contributed by atoms with Crippen molar-refractivity contribution < 1.29 is 32.8 Å². The summed E-state index contributed by atoms with van der Waals surface area (Å²) in [5, 5.41) is 0. The normalized spacial score (nSPS) is 14.1. The van der Waals surface area contributed by atoms with E-state index in [1.807, 2.05) is 0 Å². The highest BCUT2D eigenvalue weighted by Gasteiger charge is 2.25. The molecule has 0 saturated carbocycles. The number of nitrogens with two attached hydrogens (primary N) is 1. The molecule has 0 aliphatic heterocycles. The lowest BCUT2D eigenvalue weighted by Gasteiger charge is -2.20. The van der Waals surface area contributed by atoms with Crippen molar-refractivity contribution in [2.75, 3.05) is 33.0 Å². The number of ether oxygens (including phenoxy) is 2. The van der Waals surface area contributed by atoms with Gasteiger partial charge in [-0.1, -0.05) is 195 Å². The van der Waals surface area contributed by atoms with Gasteiger partial charge in [0.1, 0.15) is 6.10 Å². The molecule has 8 nitrogen and oxygen atoms in total. The summed E-state index contributed by atoms with van der Waals surface area (Å²) >= 11 is 0. The highest BCUT2D eigenvalue weighted by atomic mass is 31.2. The number of unbranched alkanes of at least 4 members (excludes halogenated alkanes) is 20. The predicted molar refractivity (Wildman–Crippen MR) is 265 cm³/mol. The van der Waals surface area contributed by atoms with Gasteiger partial charge in [-0.25, -0.2) is 4.57 Å². The second-order valence-electron chi connectivity index (χ2n) is 16.3. The van der Waals surface area contributed by atoms with Gasteiger partial charge in [0, 0.05) is 19.6 Å². The molecule has 0 aromatic heterocycles. The van der Waals surface area contributed by atoms with Crippen molar-refractivity contribution in [3.63, 3.8) is 0 Å². The number of phosphoric acid groups is 1. The molecule has 0 rings (SSSR count). The molecule has 3 N–H and O–H groups in total. The summed E-state index contributed by atoms with van der Waals surface area (Å²) in [6.07, 6.45) is 64.7. The van der Waals surface area contributed by atoms with Crippen LogP contribution in [0.1, 0.15) is 206 Å². The minimum Gasteiger partial charge on any atom is -0.457 e. The fourth-order valence-electron chi connectivity index (χ4n) is 6.64. The minimum absolute atomic E-state index is 0.0916. The van der Waals surface area contributed by atoms with Crippen molar-refractivity contribution in [1.29, 1.82) is 0 Å². The number of carbonyl (C=O) groups is 1. The number of phosphoric ester groups is 1. The molecule has 0 aromatic carbocycles. The van der Waals surface area contributed by atoms with E-state index in [1.165, 1.54) is 103 Å². The highest BCUT2D eigenvalue weighted by Crippen LogP contribution is 2.43. The molecule has 0 amide bonds. The third-order valence-corrected chi connectivity index (χ3v) is 11.3. The molecule has 0 aliphatic carbocycles. The van der Waals surface area contributed by atoms with Crippen LogP contribution in [0.25, 0.3) is 0 Å². The van der Waals surface area contributed by atoms with E-state index in [0.29, 0.717) is 6.61 Å². The van der Waals surface area contributed by atoms with Gasteiger partial charge in [-0.15, -0.1) is 0 Å². The Labute approximate surface area is 381 Å². The van der Waals surface area contributed by atoms with E-state index in [9.17, 15) is 14.3 Å². The number of esters is 1. The Morgan fingerprint density at radius 3 is 1.37 bits per heavy atom. The summed E-state index contributed by atoms with van der Waals surface area (Å²) in [6.45, 7) is 4.77. The second-order valence-corrected chi connectivity index (χ2v) is 17.7. The largest absolute Gasteiger partial charge is 0.472 e. The van der Waals surface area contributed by atoms with Crippen molar-refractivity contribution in [1.82, 2.24) is 0 Å². The van der Waals surface area contributed by atoms with Crippen LogP contribution >= 0.6 is 7.82 Å². The summed E-state index contributed by atoms with van der Waals surface area (Å²) in [5.41, 5.74) is 5.38. The molecular weight excluding hydrogens is 794 g/mol. The predicted octanol–water partition coefficient (Wildman–Crippen LogP) is 15.6. The molecule has 0 aliphatic rings. The Balaban J connectivity index is 4.05. The molecule has 0 aromatic rings. The topological polar surface area (TPSA) is 117 Å². The zero-order valence-electron chi connectivity index (χ0n) is 39.8. The third-order valence-electron chi connectivity index (χ3n) is 10.3. The average molecular weight is 888 g/mol. The van der Waals surface area contributed by atoms with Gasteiger partial charge >= 0.3 is 13.8 Å². The lowest BCUT2D eigenvalue weighted by molar-refractivity contribution is -0.154. The molecule has 0 radical (unpaired) electrons. The quantitative estimate of drug-likeness (QED) is 0.0269. The van der Waals surface area contributed by atoms with Gasteiger partial charge in [0.05, 0.1) is 19.8 Å². The van der Waals surface area contributed by atoms with Crippen LogP contribution in [0, 0.1) is 0 Å². The van der Waals surface area contributed by atoms with Gasteiger partial charge in [0.15, 0.2) is 0 Å². The van der Waals surface area contributed by atoms with Crippen LogP contribution in [0.4, 0.5) is 0 Å². The zero-order valence-corrected chi connectivity index (χ0v) is 40.7. The summed E-state index contributed by atoms with van der Waals surface area (Å²) < 4.78 is 33.5. The van der Waals surface area contributed by atoms with Crippen LogP contribution in [0.3, 0.4) is 0 Å². The van der Waals surface area contributed by atoms with Crippen LogP contribution in [0.15, 0.2) is 85.1 Å². The molecule has 358 valence electrons. The van der Waals surface area contributed by atoms with Crippen LogP contribution < -0.4 is 5.73 Å². The molecule has 2 unspecified atom stereocenters. The number of allylic oxidation sites excluding steroid dienone is 14. The summed E-state index contributed by atoms with van der Waals surface area (Å²) in [6, 6.07) is 0. The lowest BCUT2D eigenvalue weighted by atomic mass is 10.1. The minimum atomic E-state index is -4.30.